The average molecular weight is 464 g/mol. The number of piperazine rings is 1. The van der Waals surface area contributed by atoms with Gasteiger partial charge < -0.3 is 4.90 Å². The minimum atomic E-state index is -3.77. The van der Waals surface area contributed by atoms with Crippen molar-refractivity contribution >= 4 is 32.0 Å². The van der Waals surface area contributed by atoms with Gasteiger partial charge in [-0.2, -0.15) is 8.61 Å². The Balaban J connectivity index is 1.56. The van der Waals surface area contributed by atoms with E-state index >= 15 is 0 Å². The van der Waals surface area contributed by atoms with Gasteiger partial charge in [0.05, 0.1) is 11.4 Å². The fourth-order valence-corrected chi connectivity index (χ4v) is 5.47. The van der Waals surface area contributed by atoms with Gasteiger partial charge >= 0.3 is 0 Å². The van der Waals surface area contributed by atoms with Gasteiger partial charge in [-0.25, -0.2) is 16.8 Å². The first-order valence-corrected chi connectivity index (χ1v) is 12.7. The molecule has 0 N–H and O–H groups in total. The molecular formula is C21H25N3O5S2. The SMILES string of the molecule is CN(CC(=O)N1CCN(S(=O)(=O)/C=C/c2ccccc2)CC1)S(=O)(=O)c1ccccc1. The minimum Gasteiger partial charge on any atom is -0.339 e. The summed E-state index contributed by atoms with van der Waals surface area (Å²) >= 11 is 0. The Morgan fingerprint density at radius 3 is 2.03 bits per heavy atom. The maximum absolute atomic E-state index is 12.6. The summed E-state index contributed by atoms with van der Waals surface area (Å²) in [6.45, 7) is 0.412. The highest BCUT2D eigenvalue weighted by atomic mass is 32.2. The number of nitrogens with zero attached hydrogens (tertiary/aromatic N) is 3. The van der Waals surface area contributed by atoms with E-state index in [1.54, 1.807) is 18.2 Å². The molecule has 31 heavy (non-hydrogen) atoms. The van der Waals surface area contributed by atoms with Crippen LogP contribution in [0.25, 0.3) is 6.08 Å². The van der Waals surface area contributed by atoms with E-state index in [9.17, 15) is 21.6 Å². The van der Waals surface area contributed by atoms with Crippen LogP contribution < -0.4 is 0 Å². The molecule has 1 saturated heterocycles. The van der Waals surface area contributed by atoms with Gasteiger partial charge in [-0.1, -0.05) is 48.5 Å². The molecule has 0 spiro atoms. The third-order valence-corrected chi connectivity index (χ3v) is 8.38. The summed E-state index contributed by atoms with van der Waals surface area (Å²) in [6.07, 6.45) is 1.54. The number of likely N-dealkylation sites (N-methyl/N-ethyl adjacent to an activating group) is 1. The number of amides is 1. The normalized spacial score (nSPS) is 16.1. The molecule has 0 aliphatic carbocycles. The molecule has 1 amide bonds. The van der Waals surface area contributed by atoms with Crippen LogP contribution in [0.4, 0.5) is 0 Å². The molecule has 1 aliphatic rings. The lowest BCUT2D eigenvalue weighted by atomic mass is 10.2. The first-order chi connectivity index (χ1) is 14.7. The summed E-state index contributed by atoms with van der Waals surface area (Å²) in [5.74, 6) is -0.362. The Morgan fingerprint density at radius 2 is 1.45 bits per heavy atom. The number of benzene rings is 2. The second kappa shape index (κ2) is 9.73. The molecular weight excluding hydrogens is 438 g/mol. The smallest absolute Gasteiger partial charge is 0.243 e. The fourth-order valence-electron chi connectivity index (χ4n) is 3.15. The van der Waals surface area contributed by atoms with Gasteiger partial charge in [-0.15, -0.1) is 0 Å². The second-order valence-corrected chi connectivity index (χ2v) is 11.0. The van der Waals surface area contributed by atoms with Crippen LogP contribution in [0.15, 0.2) is 71.0 Å². The van der Waals surface area contributed by atoms with E-state index in [0.717, 1.165) is 9.87 Å². The standard InChI is InChI=1S/C21H25N3O5S2/c1-22(31(28,29)20-10-6-3-7-11-20)18-21(25)23-13-15-24(16-14-23)30(26,27)17-12-19-8-4-2-5-9-19/h2-12,17H,13-16,18H2,1H3/b17-12+. The number of sulfonamides is 2. The summed E-state index contributed by atoms with van der Waals surface area (Å²) in [5.41, 5.74) is 0.780. The van der Waals surface area contributed by atoms with Crippen molar-refractivity contribution in [3.63, 3.8) is 0 Å². The van der Waals surface area contributed by atoms with Crippen molar-refractivity contribution in [3.05, 3.63) is 71.6 Å². The molecule has 166 valence electrons. The highest BCUT2D eigenvalue weighted by Crippen LogP contribution is 2.15. The topological polar surface area (TPSA) is 95.1 Å². The molecule has 0 unspecified atom stereocenters. The number of hydrogen-bond acceptors (Lipinski definition) is 5. The van der Waals surface area contributed by atoms with Crippen molar-refractivity contribution in [2.45, 2.75) is 4.90 Å². The zero-order chi connectivity index (χ0) is 22.5. The molecule has 3 rings (SSSR count). The highest BCUT2D eigenvalue weighted by Gasteiger charge is 2.30. The van der Waals surface area contributed by atoms with Gasteiger partial charge in [0, 0.05) is 38.6 Å². The predicted octanol–water partition coefficient (Wildman–Crippen LogP) is 1.45. The quantitative estimate of drug-likeness (QED) is 0.619. The monoisotopic (exact) mass is 463 g/mol. The molecule has 0 atom stereocenters. The molecule has 8 nitrogen and oxygen atoms in total. The van der Waals surface area contributed by atoms with Gasteiger partial charge in [0.1, 0.15) is 0 Å². The lowest BCUT2D eigenvalue weighted by Crippen LogP contribution is -2.52. The average Bonchev–Trinajstić information content (AvgIpc) is 2.79. The Kier molecular flexibility index (Phi) is 7.26. The van der Waals surface area contributed by atoms with Crippen LogP contribution in [-0.4, -0.2) is 76.0 Å². The van der Waals surface area contributed by atoms with Gasteiger partial charge in [0.2, 0.25) is 26.0 Å². The largest absolute Gasteiger partial charge is 0.339 e. The minimum absolute atomic E-state index is 0.117. The van der Waals surface area contributed by atoms with Gasteiger partial charge in [0.15, 0.2) is 0 Å². The number of carbonyl (C=O) groups excluding carboxylic acids is 1. The Morgan fingerprint density at radius 1 is 0.903 bits per heavy atom. The number of carbonyl (C=O) groups is 1. The Hall–Kier alpha value is -2.53. The third-order valence-electron chi connectivity index (χ3n) is 4.99. The molecule has 0 bridgehead atoms. The summed E-state index contributed by atoms with van der Waals surface area (Å²) in [6, 6.07) is 17.0. The second-order valence-electron chi connectivity index (χ2n) is 7.11. The highest BCUT2D eigenvalue weighted by molar-refractivity contribution is 7.92. The van der Waals surface area contributed by atoms with E-state index < -0.39 is 20.0 Å². The van der Waals surface area contributed by atoms with E-state index in [1.165, 1.54) is 39.9 Å². The lowest BCUT2D eigenvalue weighted by Gasteiger charge is -2.34. The van der Waals surface area contributed by atoms with Crippen LogP contribution in [0, 0.1) is 0 Å². The van der Waals surface area contributed by atoms with Crippen molar-refractivity contribution < 1.29 is 21.6 Å². The Labute approximate surface area is 183 Å². The van der Waals surface area contributed by atoms with Crippen LogP contribution in [-0.2, 0) is 24.8 Å². The molecule has 0 saturated carbocycles. The van der Waals surface area contributed by atoms with Crippen molar-refractivity contribution in [2.24, 2.45) is 0 Å². The molecule has 2 aromatic rings. The summed E-state index contributed by atoms with van der Waals surface area (Å²) in [7, 11) is -6.02. The molecule has 1 aliphatic heterocycles. The van der Waals surface area contributed by atoms with Crippen molar-refractivity contribution in [3.8, 4) is 0 Å². The first-order valence-electron chi connectivity index (χ1n) is 9.72. The van der Waals surface area contributed by atoms with E-state index in [4.69, 9.17) is 0 Å². The van der Waals surface area contributed by atoms with Crippen LogP contribution in [0.5, 0.6) is 0 Å². The Bertz CT molecular complexity index is 1130. The summed E-state index contributed by atoms with van der Waals surface area (Å²) in [4.78, 5) is 14.2. The zero-order valence-corrected chi connectivity index (χ0v) is 18.8. The maximum Gasteiger partial charge on any atom is 0.243 e. The lowest BCUT2D eigenvalue weighted by molar-refractivity contribution is -0.132. The maximum atomic E-state index is 12.6. The van der Waals surface area contributed by atoms with E-state index in [1.807, 2.05) is 30.3 Å². The van der Waals surface area contributed by atoms with Crippen LogP contribution in [0.2, 0.25) is 0 Å². The molecule has 0 aromatic heterocycles. The van der Waals surface area contributed by atoms with Crippen LogP contribution in [0.1, 0.15) is 5.56 Å². The van der Waals surface area contributed by atoms with Crippen LogP contribution >= 0.6 is 0 Å². The molecule has 1 fully saturated rings. The van der Waals surface area contributed by atoms with E-state index in [2.05, 4.69) is 0 Å². The number of rotatable bonds is 7. The van der Waals surface area contributed by atoms with Crippen LogP contribution in [0.3, 0.4) is 0 Å². The molecule has 10 heteroatoms. The summed E-state index contributed by atoms with van der Waals surface area (Å²) in [5, 5.41) is 1.17. The van der Waals surface area contributed by atoms with Gasteiger partial charge in [0.25, 0.3) is 0 Å². The van der Waals surface area contributed by atoms with Gasteiger partial charge in [-0.05, 0) is 23.8 Å². The first kappa shape index (κ1) is 23.1. The number of hydrogen-bond donors (Lipinski definition) is 0. The predicted molar refractivity (Wildman–Crippen MR) is 119 cm³/mol. The molecule has 1 heterocycles. The summed E-state index contributed by atoms with van der Waals surface area (Å²) < 4.78 is 52.6. The molecule has 2 aromatic carbocycles. The van der Waals surface area contributed by atoms with Gasteiger partial charge in [-0.3, -0.25) is 4.79 Å². The van der Waals surface area contributed by atoms with Crippen molar-refractivity contribution in [2.75, 3.05) is 39.8 Å². The van der Waals surface area contributed by atoms with Crippen molar-refractivity contribution in [1.29, 1.82) is 0 Å². The van der Waals surface area contributed by atoms with E-state index in [-0.39, 0.29) is 43.5 Å². The zero-order valence-electron chi connectivity index (χ0n) is 17.2. The molecule has 0 radical (unpaired) electrons. The van der Waals surface area contributed by atoms with Crippen molar-refractivity contribution in [1.82, 2.24) is 13.5 Å². The third kappa shape index (κ3) is 5.79. The fraction of sp³-hybridized carbons (Fsp3) is 0.286. The van der Waals surface area contributed by atoms with E-state index in [0.29, 0.717) is 0 Å².